The predicted octanol–water partition coefficient (Wildman–Crippen LogP) is 4.04. The topological polar surface area (TPSA) is 26.0 Å². The quantitative estimate of drug-likeness (QED) is 0.840. The highest BCUT2D eigenvalue weighted by atomic mass is 35.5. The van der Waals surface area contributed by atoms with Gasteiger partial charge >= 0.3 is 0 Å². The van der Waals surface area contributed by atoms with Crippen molar-refractivity contribution in [2.45, 2.75) is 31.6 Å². The fourth-order valence-corrected chi connectivity index (χ4v) is 3.30. The number of rotatable bonds is 3. The van der Waals surface area contributed by atoms with Gasteiger partial charge in [-0.25, -0.2) is 4.39 Å². The van der Waals surface area contributed by atoms with E-state index in [2.05, 4.69) is 0 Å². The van der Waals surface area contributed by atoms with Gasteiger partial charge < -0.3 is 5.73 Å². The summed E-state index contributed by atoms with van der Waals surface area (Å²) in [5, 5.41) is 0.426. The summed E-state index contributed by atoms with van der Waals surface area (Å²) in [6.45, 7) is 0. The Bertz CT molecular complexity index is 409. The van der Waals surface area contributed by atoms with E-state index in [0.29, 0.717) is 21.5 Å². The second-order valence-corrected chi connectivity index (χ2v) is 5.44. The third kappa shape index (κ3) is 2.61. The molecule has 17 heavy (non-hydrogen) atoms. The Morgan fingerprint density at radius 2 is 2.06 bits per heavy atom. The van der Waals surface area contributed by atoms with Crippen molar-refractivity contribution in [3.8, 4) is 0 Å². The molecular formula is C13H15ClFNS. The summed E-state index contributed by atoms with van der Waals surface area (Å²) in [6.07, 6.45) is 4.42. The molecule has 0 amide bonds. The van der Waals surface area contributed by atoms with E-state index in [0.717, 1.165) is 25.7 Å². The van der Waals surface area contributed by atoms with Gasteiger partial charge in [0, 0.05) is 16.5 Å². The van der Waals surface area contributed by atoms with Gasteiger partial charge in [-0.1, -0.05) is 42.7 Å². The minimum atomic E-state index is -0.304. The minimum absolute atomic E-state index is 0.221. The number of halogens is 2. The van der Waals surface area contributed by atoms with Crippen molar-refractivity contribution in [3.63, 3.8) is 0 Å². The standard InChI is InChI=1S/C13H15ClFNS/c14-9-6-3-7-10(15)12(9)11(13(16)17)8-4-1-2-5-8/h3,6-8,11H,1-2,4-5H2,(H2,16,17). The molecule has 0 aliphatic heterocycles. The highest BCUT2D eigenvalue weighted by molar-refractivity contribution is 7.80. The normalized spacial score (nSPS) is 18.2. The zero-order chi connectivity index (χ0) is 12.4. The molecule has 1 fully saturated rings. The first-order valence-electron chi connectivity index (χ1n) is 5.84. The highest BCUT2D eigenvalue weighted by Crippen LogP contribution is 2.40. The van der Waals surface area contributed by atoms with Crippen LogP contribution in [0.15, 0.2) is 18.2 Å². The van der Waals surface area contributed by atoms with Crippen LogP contribution in [0.2, 0.25) is 5.02 Å². The van der Waals surface area contributed by atoms with Gasteiger partial charge in [-0.2, -0.15) is 0 Å². The highest BCUT2D eigenvalue weighted by Gasteiger charge is 2.31. The minimum Gasteiger partial charge on any atom is -0.393 e. The smallest absolute Gasteiger partial charge is 0.128 e. The maximum Gasteiger partial charge on any atom is 0.128 e. The van der Waals surface area contributed by atoms with Crippen molar-refractivity contribution < 1.29 is 4.39 Å². The van der Waals surface area contributed by atoms with E-state index in [1.165, 1.54) is 6.07 Å². The Labute approximate surface area is 111 Å². The van der Waals surface area contributed by atoms with Crippen molar-refractivity contribution in [1.82, 2.24) is 0 Å². The number of hydrogen-bond donors (Lipinski definition) is 1. The molecule has 1 unspecified atom stereocenters. The molecule has 1 aliphatic rings. The second-order valence-electron chi connectivity index (χ2n) is 4.56. The molecule has 4 heteroatoms. The second kappa shape index (κ2) is 5.32. The number of nitrogens with two attached hydrogens (primary N) is 1. The van der Waals surface area contributed by atoms with E-state index in [1.807, 2.05) is 0 Å². The summed E-state index contributed by atoms with van der Waals surface area (Å²) < 4.78 is 13.9. The summed E-state index contributed by atoms with van der Waals surface area (Å²) in [5.74, 6) is -0.190. The summed E-state index contributed by atoms with van der Waals surface area (Å²) in [7, 11) is 0. The van der Waals surface area contributed by atoms with Crippen LogP contribution in [-0.2, 0) is 0 Å². The van der Waals surface area contributed by atoms with Gasteiger partial charge in [0.25, 0.3) is 0 Å². The van der Waals surface area contributed by atoms with Crippen LogP contribution < -0.4 is 5.73 Å². The van der Waals surface area contributed by atoms with E-state index in [-0.39, 0.29) is 11.7 Å². The molecule has 1 aliphatic carbocycles. The van der Waals surface area contributed by atoms with E-state index in [4.69, 9.17) is 29.6 Å². The monoisotopic (exact) mass is 271 g/mol. The van der Waals surface area contributed by atoms with Gasteiger partial charge in [-0.15, -0.1) is 0 Å². The average molecular weight is 272 g/mol. The van der Waals surface area contributed by atoms with Gasteiger partial charge in [-0.3, -0.25) is 0 Å². The van der Waals surface area contributed by atoms with Gasteiger partial charge in [0.05, 0.1) is 4.99 Å². The van der Waals surface area contributed by atoms with Gasteiger partial charge in [0.1, 0.15) is 5.82 Å². The summed E-state index contributed by atoms with van der Waals surface area (Å²) in [4.78, 5) is 0.351. The summed E-state index contributed by atoms with van der Waals surface area (Å²) in [5.41, 5.74) is 6.27. The Morgan fingerprint density at radius 1 is 1.41 bits per heavy atom. The Kier molecular flexibility index (Phi) is 4.00. The average Bonchev–Trinajstić information content (AvgIpc) is 2.76. The Balaban J connectivity index is 2.42. The molecule has 0 saturated heterocycles. The lowest BCUT2D eigenvalue weighted by Crippen LogP contribution is -2.26. The van der Waals surface area contributed by atoms with Crippen molar-refractivity contribution >= 4 is 28.8 Å². The van der Waals surface area contributed by atoms with Crippen molar-refractivity contribution in [3.05, 3.63) is 34.6 Å². The van der Waals surface area contributed by atoms with Gasteiger partial charge in [0.15, 0.2) is 0 Å². The fraction of sp³-hybridized carbons (Fsp3) is 0.462. The van der Waals surface area contributed by atoms with Crippen LogP contribution in [0.3, 0.4) is 0 Å². The largest absolute Gasteiger partial charge is 0.393 e. The molecule has 1 aromatic rings. The maximum absolute atomic E-state index is 13.9. The summed E-state index contributed by atoms with van der Waals surface area (Å²) in [6, 6.07) is 4.72. The van der Waals surface area contributed by atoms with Crippen LogP contribution in [0.1, 0.15) is 37.2 Å². The number of hydrogen-bond acceptors (Lipinski definition) is 1. The molecule has 92 valence electrons. The van der Waals surface area contributed by atoms with Gasteiger partial charge in [-0.05, 0) is 30.9 Å². The molecule has 2 rings (SSSR count). The van der Waals surface area contributed by atoms with Crippen LogP contribution >= 0.6 is 23.8 Å². The number of thiocarbonyl (C=S) groups is 1. The molecule has 1 atom stereocenters. The Hall–Kier alpha value is -0.670. The molecule has 1 saturated carbocycles. The fourth-order valence-electron chi connectivity index (χ4n) is 2.71. The van der Waals surface area contributed by atoms with Crippen LogP contribution in [0.4, 0.5) is 4.39 Å². The first kappa shape index (κ1) is 12.8. The number of benzene rings is 1. The summed E-state index contributed by atoms with van der Waals surface area (Å²) >= 11 is 11.2. The molecule has 0 radical (unpaired) electrons. The Morgan fingerprint density at radius 3 is 2.59 bits per heavy atom. The molecule has 2 N–H and O–H groups in total. The first-order chi connectivity index (χ1) is 8.11. The lowest BCUT2D eigenvalue weighted by molar-refractivity contribution is 0.493. The SMILES string of the molecule is NC(=S)C(c1c(F)cccc1Cl)C1CCCC1. The lowest BCUT2D eigenvalue weighted by atomic mass is 9.84. The van der Waals surface area contributed by atoms with E-state index < -0.39 is 0 Å². The third-order valence-electron chi connectivity index (χ3n) is 3.49. The maximum atomic E-state index is 13.9. The third-order valence-corrected chi connectivity index (χ3v) is 4.07. The van der Waals surface area contributed by atoms with Crippen LogP contribution in [-0.4, -0.2) is 4.99 Å². The van der Waals surface area contributed by atoms with Crippen LogP contribution in [0.25, 0.3) is 0 Å². The molecule has 0 bridgehead atoms. The van der Waals surface area contributed by atoms with Crippen molar-refractivity contribution in [2.75, 3.05) is 0 Å². The molecule has 0 heterocycles. The van der Waals surface area contributed by atoms with Crippen LogP contribution in [0, 0.1) is 11.7 Å². The molecule has 0 spiro atoms. The zero-order valence-corrected chi connectivity index (χ0v) is 11.0. The van der Waals surface area contributed by atoms with Crippen molar-refractivity contribution in [1.29, 1.82) is 0 Å². The van der Waals surface area contributed by atoms with Crippen molar-refractivity contribution in [2.24, 2.45) is 11.7 Å². The van der Waals surface area contributed by atoms with E-state index >= 15 is 0 Å². The lowest BCUT2D eigenvalue weighted by Gasteiger charge is -2.24. The zero-order valence-electron chi connectivity index (χ0n) is 9.46. The predicted molar refractivity (Wildman–Crippen MR) is 72.9 cm³/mol. The molecule has 0 aromatic heterocycles. The van der Waals surface area contributed by atoms with E-state index in [9.17, 15) is 4.39 Å². The van der Waals surface area contributed by atoms with E-state index in [1.54, 1.807) is 12.1 Å². The molecular weight excluding hydrogens is 257 g/mol. The first-order valence-corrected chi connectivity index (χ1v) is 6.63. The van der Waals surface area contributed by atoms with Crippen LogP contribution in [0.5, 0.6) is 0 Å². The molecule has 1 nitrogen and oxygen atoms in total. The van der Waals surface area contributed by atoms with Gasteiger partial charge in [0.2, 0.25) is 0 Å². The molecule has 1 aromatic carbocycles.